The van der Waals surface area contributed by atoms with Crippen molar-refractivity contribution in [3.8, 4) is 0 Å². The number of rotatable bonds is 51. The van der Waals surface area contributed by atoms with Gasteiger partial charge >= 0.3 is 11.9 Å². The highest BCUT2D eigenvalue weighted by Gasteiger charge is 2.44. The third-order valence-electron chi connectivity index (χ3n) is 18.5. The molecular weight excluding hydrogens is 1530 g/mol. The number of unbranched alkanes of at least 4 members (excludes halogenated alkanes) is 1. The highest BCUT2D eigenvalue weighted by Crippen LogP contribution is 2.24. The van der Waals surface area contributed by atoms with Crippen LogP contribution < -0.4 is 98.2 Å². The number of nitrogens with one attached hydrogen (secondary N) is 13. The van der Waals surface area contributed by atoms with Crippen molar-refractivity contribution in [1.82, 2.24) is 83.6 Å². The summed E-state index contributed by atoms with van der Waals surface area (Å²) in [5.41, 5.74) is 34.0. The van der Waals surface area contributed by atoms with Gasteiger partial charge in [-0.15, -0.1) is 0 Å². The van der Waals surface area contributed by atoms with E-state index >= 15 is 0 Å². The van der Waals surface area contributed by atoms with E-state index in [9.17, 15) is 97.1 Å². The van der Waals surface area contributed by atoms with E-state index < -0.39 is 211 Å². The van der Waals surface area contributed by atoms with Crippen LogP contribution in [0.2, 0.25) is 0 Å². The first-order valence-electron chi connectivity index (χ1n) is 38.2. The first-order valence-corrected chi connectivity index (χ1v) is 38.9. The molecule has 0 spiro atoms. The third kappa shape index (κ3) is 34.2. The lowest BCUT2D eigenvalue weighted by molar-refractivity contribution is -0.147. The molecule has 0 unspecified atom stereocenters. The second kappa shape index (κ2) is 49.9. The molecule has 646 valence electrons. The number of thiol groups is 1. The van der Waals surface area contributed by atoms with Crippen molar-refractivity contribution >= 4 is 119 Å². The number of hydrogen-bond donors (Lipinski definition) is 24. The lowest BCUT2D eigenvalue weighted by Gasteiger charge is -2.32. The molecule has 2 aliphatic rings. The summed E-state index contributed by atoms with van der Waals surface area (Å²) in [6, 6.07) is -20.0. The first-order chi connectivity index (χ1) is 54.1. The largest absolute Gasteiger partial charge is 0.481 e. The fourth-order valence-electron chi connectivity index (χ4n) is 12.4. The maximum Gasteiger partial charge on any atom is 0.326 e. The van der Waals surface area contributed by atoms with Crippen molar-refractivity contribution in [2.75, 3.05) is 51.6 Å². The average molecular weight is 1650 g/mol. The molecule has 15 atom stereocenters. The minimum Gasteiger partial charge on any atom is -0.481 e. The van der Waals surface area contributed by atoms with E-state index in [1.807, 2.05) is 0 Å². The summed E-state index contributed by atoms with van der Waals surface area (Å²) in [5, 5.41) is 69.6. The number of carbonyl (C=O) groups excluding carboxylic acids is 14. The number of aliphatic carboxylic acids is 2. The summed E-state index contributed by atoms with van der Waals surface area (Å²) in [5.74, 6) is -17.4. The normalized spacial score (nSPS) is 17.3. The van der Waals surface area contributed by atoms with Gasteiger partial charge in [-0.2, -0.15) is 12.6 Å². The number of imidazole rings is 1. The van der Waals surface area contributed by atoms with Crippen LogP contribution in [0.25, 0.3) is 0 Å². The molecule has 0 saturated carbocycles. The molecule has 115 heavy (non-hydrogen) atoms. The third-order valence-corrected chi connectivity index (χ3v) is 18.9. The Balaban J connectivity index is 1.90. The number of aromatic amines is 1. The van der Waals surface area contributed by atoms with Crippen LogP contribution in [0.4, 0.5) is 0 Å². The zero-order chi connectivity index (χ0) is 86.5. The number of amides is 14. The average Bonchev–Trinajstić information content (AvgIpc) is 1.74. The van der Waals surface area contributed by atoms with Gasteiger partial charge in [-0.3, -0.25) is 81.9 Å². The number of aliphatic imine (C=N–C) groups is 2. The number of carboxylic acid groups (broad SMARTS) is 2. The predicted octanol–water partition coefficient (Wildman–Crippen LogP) is -8.42. The second-order valence-electron chi connectivity index (χ2n) is 29.5. The Kier molecular flexibility index (Phi) is 42.9. The molecule has 2 fully saturated rings. The van der Waals surface area contributed by atoms with E-state index in [-0.39, 0.29) is 133 Å². The summed E-state index contributed by atoms with van der Waals surface area (Å²) in [7, 11) is 0. The number of hydrogen-bond acceptors (Lipinski definition) is 24. The summed E-state index contributed by atoms with van der Waals surface area (Å²) in [6.07, 6.45) is 1.06. The zero-order valence-corrected chi connectivity index (χ0v) is 67.2. The fourth-order valence-corrected chi connectivity index (χ4v) is 12.6. The van der Waals surface area contributed by atoms with Gasteiger partial charge in [0.15, 0.2) is 11.9 Å². The number of aromatic nitrogens is 2. The Morgan fingerprint density at radius 1 is 0.548 bits per heavy atom. The van der Waals surface area contributed by atoms with Crippen LogP contribution >= 0.6 is 12.6 Å². The van der Waals surface area contributed by atoms with Gasteiger partial charge in [-0.05, 0) is 122 Å². The number of likely N-dealkylation sites (tertiary alicyclic amines) is 2. The molecule has 1 aromatic heterocycles. The number of nitrogens with two attached hydrogens (primary N) is 6. The Morgan fingerprint density at radius 2 is 1.02 bits per heavy atom. The van der Waals surface area contributed by atoms with Crippen LogP contribution in [-0.4, -0.2) is 289 Å². The Hall–Kier alpha value is -10.5. The van der Waals surface area contributed by atoms with Crippen molar-refractivity contribution in [1.29, 1.82) is 0 Å². The number of carbonyl (C=O) groups is 16. The Bertz CT molecular complexity index is 3530. The number of nitrogens with zero attached hydrogens (tertiary/aromatic N) is 5. The van der Waals surface area contributed by atoms with Gasteiger partial charge in [0.1, 0.15) is 78.5 Å². The van der Waals surface area contributed by atoms with Gasteiger partial charge in [0.25, 0.3) is 0 Å². The molecule has 29 N–H and O–H groups in total. The van der Waals surface area contributed by atoms with Crippen LogP contribution in [0.3, 0.4) is 0 Å². The Morgan fingerprint density at radius 3 is 1.52 bits per heavy atom. The molecule has 2 saturated heterocycles. The maximum atomic E-state index is 15.0. The van der Waals surface area contributed by atoms with Gasteiger partial charge < -0.3 is 133 Å². The van der Waals surface area contributed by atoms with Crippen molar-refractivity contribution in [3.05, 3.63) is 18.2 Å². The summed E-state index contributed by atoms with van der Waals surface area (Å²) in [4.78, 5) is 237. The van der Waals surface area contributed by atoms with Gasteiger partial charge in [0.2, 0.25) is 82.7 Å². The summed E-state index contributed by atoms with van der Waals surface area (Å²) in [6.45, 7) is 11.1. The SMILES string of the molecule is CC(C)C[C@H](NC(=O)[C@H](C)NC(=O)[C@H](CCCN=C(N)N)NC(=O)[C@@H]1CCCN1C(=O)[C@H](CC(C)C)NC(=O)[C@H](Cc1cnc[nH]1)NC(=O)[C@@H]1CCCN1C(=O)[C@H](CCCN=C(N)N)NC(=O)[C@@H](NC(=O)[C@@H](NC(=O)[C@H](CCCCN)NC(=O)CNC(=O)[C@H](CO)NC(=O)[C@@H](N)CS)C(C)C)[C@@H](C)O)C(=O)N[C@@H](CC(=O)O)C(=O)O. The first kappa shape index (κ1) is 98.7. The highest BCUT2D eigenvalue weighted by molar-refractivity contribution is 7.80. The van der Waals surface area contributed by atoms with Gasteiger partial charge in [-0.1, -0.05) is 41.5 Å². The van der Waals surface area contributed by atoms with E-state index in [4.69, 9.17) is 34.4 Å². The van der Waals surface area contributed by atoms with Gasteiger partial charge in [0, 0.05) is 50.2 Å². The van der Waals surface area contributed by atoms with Gasteiger partial charge in [-0.25, -0.2) is 9.78 Å². The molecule has 0 aliphatic carbocycles. The number of H-pyrrole nitrogens is 1. The lowest BCUT2D eigenvalue weighted by Crippen LogP contribution is -2.62. The minimum atomic E-state index is -1.83. The fraction of sp³-hybridized carbons (Fsp3) is 0.700. The predicted molar refractivity (Wildman–Crippen MR) is 419 cm³/mol. The molecule has 44 nitrogen and oxygen atoms in total. The van der Waals surface area contributed by atoms with Crippen LogP contribution in [0.1, 0.15) is 151 Å². The Labute approximate surface area is 671 Å². The molecule has 0 bridgehead atoms. The maximum absolute atomic E-state index is 15.0. The van der Waals surface area contributed by atoms with Crippen LogP contribution in [-0.2, 0) is 83.1 Å². The van der Waals surface area contributed by atoms with Crippen molar-refractivity contribution in [2.24, 2.45) is 62.1 Å². The molecule has 2 aliphatic heterocycles. The van der Waals surface area contributed by atoms with E-state index in [1.54, 1.807) is 41.5 Å². The summed E-state index contributed by atoms with van der Waals surface area (Å²) < 4.78 is 0. The molecule has 3 heterocycles. The van der Waals surface area contributed by atoms with Crippen molar-refractivity contribution in [2.45, 2.75) is 242 Å². The zero-order valence-electron chi connectivity index (χ0n) is 66.3. The standard InChI is InChI=1S/C70H120N24O20S/c1-34(2)25-44(60(105)89-47(68(113)114)28-52(98)99)86-55(100)37(7)82-58(103)42(16-11-21-78-69(73)74)84-62(107)49-18-14-24-94(49)67(112)46(26-35(3)4)88-61(106)45(27-39-29-77-33-81-39)87-63(108)50-19-13-23-93(50)66(111)43(17-12-22-79-70(75)76)85-65(110)54(38(8)96)92-64(109)53(36(5)6)91-59(104)41(15-9-10-20-71)83-51(97)30-80-57(102)48(31-95)90-56(101)40(72)32-115/h29,33-38,40-50,53-54,95-96,115H,9-28,30-32,71-72H2,1-8H3,(H,77,81)(H,80,102)(H,82,103)(H,83,97)(H,84,107)(H,85,110)(H,86,100)(H,87,108)(H,88,106)(H,89,105)(H,90,101)(H,91,104)(H,92,109)(H,98,99)(H,113,114)(H4,73,74,78)(H4,75,76,79)/t37-,38+,40-,41-,42-,43-,44-,45-,46-,47-,48-,49-,50-,53-,54-/m0/s1. The minimum absolute atomic E-state index is 0.00349. The monoisotopic (exact) mass is 1650 g/mol. The van der Waals surface area contributed by atoms with Crippen LogP contribution in [0, 0.1) is 17.8 Å². The molecule has 14 amide bonds. The van der Waals surface area contributed by atoms with Crippen LogP contribution in [0.15, 0.2) is 22.5 Å². The second-order valence-corrected chi connectivity index (χ2v) is 29.8. The molecule has 0 radical (unpaired) electrons. The van der Waals surface area contributed by atoms with Crippen molar-refractivity contribution in [3.63, 3.8) is 0 Å². The van der Waals surface area contributed by atoms with E-state index in [0.717, 1.165) is 0 Å². The van der Waals surface area contributed by atoms with Crippen molar-refractivity contribution < 1.29 is 97.1 Å². The number of aliphatic hydroxyl groups is 2. The smallest absolute Gasteiger partial charge is 0.326 e. The molecule has 0 aromatic carbocycles. The number of guanidine groups is 2. The summed E-state index contributed by atoms with van der Waals surface area (Å²) >= 11 is 3.94. The quantitative estimate of drug-likeness (QED) is 0.0125. The van der Waals surface area contributed by atoms with E-state index in [2.05, 4.69) is 96.4 Å². The van der Waals surface area contributed by atoms with Gasteiger partial charge in [0.05, 0.1) is 38.0 Å². The molecule has 3 rings (SSSR count). The topological polar surface area (TPSA) is 714 Å². The number of aliphatic hydroxyl groups excluding tert-OH is 2. The molecule has 45 heteroatoms. The number of carboxylic acids is 2. The lowest BCUT2D eigenvalue weighted by atomic mass is 10.0. The molecular formula is C70H120N24O20S. The highest BCUT2D eigenvalue weighted by atomic mass is 32.1. The molecule has 1 aromatic rings. The van der Waals surface area contributed by atoms with Crippen LogP contribution in [0.5, 0.6) is 0 Å². The van der Waals surface area contributed by atoms with E-state index in [1.165, 1.54) is 36.2 Å². The van der Waals surface area contributed by atoms with E-state index in [0.29, 0.717) is 25.0 Å².